The molecule has 0 radical (unpaired) electrons. The smallest absolute Gasteiger partial charge is 0.254 e. The number of nitrogens with two attached hydrogens (primary N) is 1. The molecule has 1 aliphatic rings. The van der Waals surface area contributed by atoms with Crippen LogP contribution in [-0.4, -0.2) is 33.6 Å². The van der Waals surface area contributed by atoms with E-state index in [1.54, 1.807) is 0 Å². The first-order valence-corrected chi connectivity index (χ1v) is 8.54. The minimum atomic E-state index is -4.06. The van der Waals surface area contributed by atoms with Gasteiger partial charge < -0.3 is 10.1 Å². The van der Waals surface area contributed by atoms with Crippen molar-refractivity contribution in [1.82, 2.24) is 5.32 Å². The van der Waals surface area contributed by atoms with Crippen LogP contribution in [0.5, 0.6) is 0 Å². The van der Waals surface area contributed by atoms with E-state index in [1.165, 1.54) is 0 Å². The van der Waals surface area contributed by atoms with Crippen LogP contribution < -0.4 is 10.5 Å². The Morgan fingerprint density at radius 2 is 2.24 bits per heavy atom. The first-order chi connectivity index (χ1) is 9.79. The van der Waals surface area contributed by atoms with E-state index in [9.17, 15) is 17.6 Å². The average Bonchev–Trinajstić information content (AvgIpc) is 2.87. The lowest BCUT2D eigenvalue weighted by atomic mass is 10.2. The molecule has 116 valence electrons. The fourth-order valence-corrected chi connectivity index (χ4v) is 3.63. The molecule has 21 heavy (non-hydrogen) atoms. The maximum atomic E-state index is 13.8. The van der Waals surface area contributed by atoms with Crippen LogP contribution in [0.25, 0.3) is 0 Å². The van der Waals surface area contributed by atoms with E-state index in [4.69, 9.17) is 9.88 Å². The highest BCUT2D eigenvalue weighted by Gasteiger charge is 2.22. The van der Waals surface area contributed by atoms with Gasteiger partial charge in [0.15, 0.2) is 0 Å². The molecule has 0 aromatic heterocycles. The number of rotatable bonds is 4. The van der Waals surface area contributed by atoms with E-state index in [0.29, 0.717) is 6.61 Å². The largest absolute Gasteiger partial charge is 0.376 e. The van der Waals surface area contributed by atoms with E-state index < -0.39 is 21.7 Å². The van der Waals surface area contributed by atoms with Crippen LogP contribution in [0.15, 0.2) is 21.5 Å². The molecule has 6 nitrogen and oxygen atoms in total. The normalized spacial score (nSPS) is 18.7. The summed E-state index contributed by atoms with van der Waals surface area (Å²) in [5.41, 5.74) is -0.375. The Morgan fingerprint density at radius 3 is 2.81 bits per heavy atom. The zero-order valence-electron chi connectivity index (χ0n) is 10.9. The molecule has 2 rings (SSSR count). The van der Waals surface area contributed by atoms with Crippen molar-refractivity contribution in [1.29, 1.82) is 0 Å². The van der Waals surface area contributed by atoms with Crippen LogP contribution in [0.1, 0.15) is 23.2 Å². The van der Waals surface area contributed by atoms with Crippen LogP contribution in [0.2, 0.25) is 0 Å². The number of ether oxygens (including phenoxy) is 1. The van der Waals surface area contributed by atoms with E-state index in [-0.39, 0.29) is 27.6 Å². The average molecular weight is 381 g/mol. The quantitative estimate of drug-likeness (QED) is 0.817. The summed E-state index contributed by atoms with van der Waals surface area (Å²) in [6, 6.07) is 1.82. The van der Waals surface area contributed by atoms with Crippen molar-refractivity contribution in [3.63, 3.8) is 0 Å². The number of hydrogen-bond donors (Lipinski definition) is 2. The summed E-state index contributed by atoms with van der Waals surface area (Å²) >= 11 is 2.91. The fraction of sp³-hybridized carbons (Fsp3) is 0.417. The van der Waals surface area contributed by atoms with Gasteiger partial charge in [-0.2, -0.15) is 0 Å². The SMILES string of the molecule is NS(=O)(=O)c1cc(C(=O)NCC2CCCO2)c(F)cc1Br. The molecule has 1 fully saturated rings. The molecule has 1 unspecified atom stereocenters. The van der Waals surface area contributed by atoms with Crippen LogP contribution in [-0.2, 0) is 14.8 Å². The van der Waals surface area contributed by atoms with Gasteiger partial charge in [0.1, 0.15) is 5.82 Å². The molecule has 9 heteroatoms. The van der Waals surface area contributed by atoms with Gasteiger partial charge in [-0.25, -0.2) is 17.9 Å². The van der Waals surface area contributed by atoms with Gasteiger partial charge in [0.25, 0.3) is 5.91 Å². The summed E-state index contributed by atoms with van der Waals surface area (Å²) < 4.78 is 41.9. The molecule has 0 saturated carbocycles. The topological polar surface area (TPSA) is 98.5 Å². The van der Waals surface area contributed by atoms with Gasteiger partial charge in [0.05, 0.1) is 16.6 Å². The molecular weight excluding hydrogens is 367 g/mol. The Hall–Kier alpha value is -1.03. The molecule has 0 spiro atoms. The number of nitrogens with one attached hydrogen (secondary N) is 1. The summed E-state index contributed by atoms with van der Waals surface area (Å²) in [4.78, 5) is 11.6. The molecule has 1 atom stereocenters. The maximum absolute atomic E-state index is 13.8. The number of amides is 1. The van der Waals surface area contributed by atoms with Crippen molar-refractivity contribution in [2.75, 3.05) is 13.2 Å². The lowest BCUT2D eigenvalue weighted by Gasteiger charge is -2.12. The van der Waals surface area contributed by atoms with E-state index in [0.717, 1.165) is 25.0 Å². The third-order valence-corrected chi connectivity index (χ3v) is 4.96. The highest BCUT2D eigenvalue weighted by atomic mass is 79.9. The zero-order chi connectivity index (χ0) is 15.6. The molecular formula is C12H14BrFN2O4S. The number of carbonyl (C=O) groups is 1. The number of halogens is 2. The standard InChI is InChI=1S/C12H14BrFN2O4S/c13-9-5-10(14)8(4-11(9)21(15,18)19)12(17)16-6-7-2-1-3-20-7/h4-5,7H,1-3,6H2,(H,16,17)(H2,15,18,19). The summed E-state index contributed by atoms with van der Waals surface area (Å²) in [7, 11) is -4.06. The molecule has 1 amide bonds. The third kappa shape index (κ3) is 4.00. The van der Waals surface area contributed by atoms with Crippen LogP contribution >= 0.6 is 15.9 Å². The molecule has 1 aromatic carbocycles. The number of sulfonamides is 1. The van der Waals surface area contributed by atoms with Crippen molar-refractivity contribution in [3.05, 3.63) is 28.0 Å². The number of benzene rings is 1. The van der Waals surface area contributed by atoms with Crippen LogP contribution in [0.4, 0.5) is 4.39 Å². The van der Waals surface area contributed by atoms with E-state index in [1.807, 2.05) is 0 Å². The molecule has 1 heterocycles. The lowest BCUT2D eigenvalue weighted by molar-refractivity contribution is 0.0854. The van der Waals surface area contributed by atoms with Gasteiger partial charge in [-0.15, -0.1) is 0 Å². The molecule has 0 bridgehead atoms. The van der Waals surface area contributed by atoms with Crippen molar-refractivity contribution < 1.29 is 22.3 Å². The number of primary sulfonamides is 1. The summed E-state index contributed by atoms with van der Waals surface area (Å²) in [6.45, 7) is 0.891. The van der Waals surface area contributed by atoms with Crippen molar-refractivity contribution in [2.45, 2.75) is 23.8 Å². The number of carbonyl (C=O) groups excluding carboxylic acids is 1. The molecule has 1 saturated heterocycles. The maximum Gasteiger partial charge on any atom is 0.254 e. The van der Waals surface area contributed by atoms with Gasteiger partial charge in [-0.05, 0) is 40.9 Å². The minimum Gasteiger partial charge on any atom is -0.376 e. The summed E-state index contributed by atoms with van der Waals surface area (Å²) in [5.74, 6) is -1.54. The summed E-state index contributed by atoms with van der Waals surface area (Å²) in [5, 5.41) is 7.54. The van der Waals surface area contributed by atoms with Gasteiger partial charge in [0, 0.05) is 17.6 Å². The first-order valence-electron chi connectivity index (χ1n) is 6.20. The van der Waals surface area contributed by atoms with Gasteiger partial charge in [-0.1, -0.05) is 0 Å². The Morgan fingerprint density at radius 1 is 1.52 bits per heavy atom. The highest BCUT2D eigenvalue weighted by Crippen LogP contribution is 2.24. The van der Waals surface area contributed by atoms with Gasteiger partial charge >= 0.3 is 0 Å². The second-order valence-corrected chi connectivity index (χ2v) is 7.04. The van der Waals surface area contributed by atoms with E-state index >= 15 is 0 Å². The molecule has 1 aliphatic heterocycles. The van der Waals surface area contributed by atoms with E-state index in [2.05, 4.69) is 21.2 Å². The lowest BCUT2D eigenvalue weighted by Crippen LogP contribution is -2.32. The molecule has 3 N–H and O–H groups in total. The third-order valence-electron chi connectivity index (χ3n) is 3.09. The molecule has 0 aliphatic carbocycles. The van der Waals surface area contributed by atoms with Gasteiger partial charge in [0.2, 0.25) is 10.0 Å². The second kappa shape index (κ2) is 6.39. The predicted molar refractivity (Wildman–Crippen MR) is 76.8 cm³/mol. The fourth-order valence-electron chi connectivity index (χ4n) is 2.03. The molecule has 1 aromatic rings. The van der Waals surface area contributed by atoms with Gasteiger partial charge in [-0.3, -0.25) is 4.79 Å². The van der Waals surface area contributed by atoms with Crippen molar-refractivity contribution in [2.24, 2.45) is 5.14 Å². The Kier molecular flexibility index (Phi) is 4.97. The minimum absolute atomic E-state index is 0.0295. The zero-order valence-corrected chi connectivity index (χ0v) is 13.3. The van der Waals surface area contributed by atoms with Crippen LogP contribution in [0.3, 0.4) is 0 Å². The highest BCUT2D eigenvalue weighted by molar-refractivity contribution is 9.10. The monoisotopic (exact) mass is 380 g/mol. The van der Waals surface area contributed by atoms with Crippen molar-refractivity contribution in [3.8, 4) is 0 Å². The predicted octanol–water partition coefficient (Wildman–Crippen LogP) is 1.14. The first kappa shape index (κ1) is 16.3. The Labute approximate surface area is 130 Å². The Bertz CT molecular complexity index is 659. The Balaban J connectivity index is 2.20. The second-order valence-electron chi connectivity index (χ2n) is 4.65. The number of hydrogen-bond acceptors (Lipinski definition) is 4. The van der Waals surface area contributed by atoms with Crippen LogP contribution in [0, 0.1) is 5.82 Å². The van der Waals surface area contributed by atoms with Crippen molar-refractivity contribution >= 4 is 31.9 Å². The summed E-state index contributed by atoms with van der Waals surface area (Å²) in [6.07, 6.45) is 1.65.